The second kappa shape index (κ2) is 6.30. The summed E-state index contributed by atoms with van der Waals surface area (Å²) in [5.74, 6) is 0. The van der Waals surface area contributed by atoms with E-state index in [4.69, 9.17) is 12.2 Å². The molecule has 108 valence electrons. The minimum absolute atomic E-state index is 0.596. The van der Waals surface area contributed by atoms with Crippen LogP contribution in [0.1, 0.15) is 5.56 Å². The summed E-state index contributed by atoms with van der Waals surface area (Å²) >= 11 is 7.16. The van der Waals surface area contributed by atoms with Crippen molar-refractivity contribution in [1.82, 2.24) is 24.7 Å². The first kappa shape index (κ1) is 14.1. The monoisotopic (exact) mass is 317 g/mol. The number of nitrogens with zero attached hydrogens (tertiary/aromatic N) is 5. The molecule has 3 rings (SSSR count). The number of hydrogen-bond donors (Lipinski definition) is 0. The van der Waals surface area contributed by atoms with E-state index in [1.165, 1.54) is 5.56 Å². The quantitative estimate of drug-likeness (QED) is 0.678. The molecule has 0 N–H and O–H groups in total. The summed E-state index contributed by atoms with van der Waals surface area (Å²) in [6.07, 6.45) is 0. The van der Waals surface area contributed by atoms with E-state index in [2.05, 4.69) is 32.2 Å². The van der Waals surface area contributed by atoms with Gasteiger partial charge in [-0.1, -0.05) is 18.2 Å². The fourth-order valence-electron chi connectivity index (χ4n) is 2.07. The van der Waals surface area contributed by atoms with Crippen molar-refractivity contribution in [2.75, 3.05) is 7.05 Å². The van der Waals surface area contributed by atoms with Crippen molar-refractivity contribution >= 4 is 23.6 Å². The number of rotatable bonds is 5. The Morgan fingerprint density at radius 3 is 2.71 bits per heavy atom. The summed E-state index contributed by atoms with van der Waals surface area (Å²) in [7, 11) is 2.04. The van der Waals surface area contributed by atoms with E-state index in [1.807, 2.05) is 37.4 Å². The zero-order valence-electron chi connectivity index (χ0n) is 11.6. The van der Waals surface area contributed by atoms with Gasteiger partial charge < -0.3 is 0 Å². The van der Waals surface area contributed by atoms with E-state index in [1.54, 1.807) is 20.7 Å². The molecule has 3 aromatic rings. The van der Waals surface area contributed by atoms with E-state index in [9.17, 15) is 0 Å². The molecule has 0 radical (unpaired) electrons. The molecule has 0 aliphatic rings. The Balaban J connectivity index is 1.75. The van der Waals surface area contributed by atoms with E-state index >= 15 is 0 Å². The highest BCUT2D eigenvalue weighted by Gasteiger charge is 2.08. The molecule has 0 unspecified atom stereocenters. The van der Waals surface area contributed by atoms with Gasteiger partial charge in [0, 0.05) is 6.54 Å². The molecule has 1 aromatic carbocycles. The van der Waals surface area contributed by atoms with Gasteiger partial charge in [0.25, 0.3) is 0 Å². The molecule has 7 heteroatoms. The summed E-state index contributed by atoms with van der Waals surface area (Å²) in [6, 6.07) is 11.9. The smallest absolute Gasteiger partial charge is 0.221 e. The third-order valence-corrected chi connectivity index (χ3v) is 4.16. The Labute approximate surface area is 132 Å². The first-order valence-corrected chi connectivity index (χ1v) is 7.87. The molecule has 0 saturated carbocycles. The molecule has 0 fully saturated rings. The predicted molar refractivity (Wildman–Crippen MR) is 86.0 cm³/mol. The molecule has 5 nitrogen and oxygen atoms in total. The molecular weight excluding hydrogens is 302 g/mol. The van der Waals surface area contributed by atoms with Crippen molar-refractivity contribution in [2.45, 2.75) is 13.2 Å². The lowest BCUT2D eigenvalue weighted by atomic mass is 10.3. The van der Waals surface area contributed by atoms with Crippen molar-refractivity contribution in [3.63, 3.8) is 0 Å². The van der Waals surface area contributed by atoms with Crippen LogP contribution in [0.4, 0.5) is 0 Å². The van der Waals surface area contributed by atoms with Crippen LogP contribution < -0.4 is 0 Å². The molecule has 0 spiro atoms. The fourth-order valence-corrected chi connectivity index (χ4v) is 2.96. The zero-order valence-corrected chi connectivity index (χ0v) is 13.2. The topological polar surface area (TPSA) is 38.9 Å². The molecule has 0 atom stereocenters. The number of para-hydroxylation sites is 1. The third-order valence-electron chi connectivity index (χ3n) is 3.05. The van der Waals surface area contributed by atoms with E-state index in [0.717, 1.165) is 12.2 Å². The Hall–Kier alpha value is -1.83. The van der Waals surface area contributed by atoms with E-state index in [0.29, 0.717) is 11.4 Å². The van der Waals surface area contributed by atoms with Crippen LogP contribution in [0, 0.1) is 4.77 Å². The van der Waals surface area contributed by atoms with Crippen molar-refractivity contribution in [2.24, 2.45) is 0 Å². The second-order valence-corrected chi connectivity index (χ2v) is 5.94. The average Bonchev–Trinajstić information content (AvgIpc) is 3.11. The number of tetrazole rings is 1. The lowest BCUT2D eigenvalue weighted by molar-refractivity contribution is 0.242. The fraction of sp³-hybridized carbons (Fsp3) is 0.214. The number of hydrogen-bond acceptors (Lipinski definition) is 5. The molecule has 0 bridgehead atoms. The minimum atomic E-state index is 0.596. The van der Waals surface area contributed by atoms with Crippen molar-refractivity contribution in [1.29, 1.82) is 0 Å². The highest BCUT2D eigenvalue weighted by Crippen LogP contribution is 2.10. The van der Waals surface area contributed by atoms with Crippen molar-refractivity contribution < 1.29 is 0 Å². The molecule has 0 aliphatic heterocycles. The third kappa shape index (κ3) is 3.26. The standard InChI is InChI=1S/C14H15N5S2/c1-17(9-12-7-8-21-10-12)11-18-14(20)19(16-15-18)13-5-3-2-4-6-13/h2-8,10H,9,11H2,1H3. The van der Waals surface area contributed by atoms with Gasteiger partial charge in [-0.25, -0.2) is 4.68 Å². The minimum Gasteiger partial charge on any atom is -0.283 e. The van der Waals surface area contributed by atoms with Crippen molar-refractivity contribution in [3.05, 3.63) is 57.5 Å². The molecule has 0 aliphatic carbocycles. The number of aromatic nitrogens is 4. The van der Waals surface area contributed by atoms with Crippen LogP contribution in [0.25, 0.3) is 5.69 Å². The highest BCUT2D eigenvalue weighted by atomic mass is 32.1. The molecule has 0 saturated heterocycles. The summed E-state index contributed by atoms with van der Waals surface area (Å²) in [5, 5.41) is 12.5. The maximum Gasteiger partial charge on any atom is 0.221 e. The summed E-state index contributed by atoms with van der Waals surface area (Å²) < 4.78 is 4.00. The molecule has 2 aromatic heterocycles. The van der Waals surface area contributed by atoms with Crippen LogP contribution in [0.3, 0.4) is 0 Å². The summed E-state index contributed by atoms with van der Waals surface area (Å²) in [4.78, 5) is 2.15. The summed E-state index contributed by atoms with van der Waals surface area (Å²) in [5.41, 5.74) is 2.22. The maximum absolute atomic E-state index is 5.45. The van der Waals surface area contributed by atoms with Gasteiger partial charge in [0.05, 0.1) is 12.4 Å². The number of benzene rings is 1. The van der Waals surface area contributed by atoms with Gasteiger partial charge in [-0.3, -0.25) is 4.90 Å². The van der Waals surface area contributed by atoms with Gasteiger partial charge in [0.15, 0.2) is 0 Å². The Morgan fingerprint density at radius 2 is 2.00 bits per heavy atom. The van der Waals surface area contributed by atoms with Gasteiger partial charge >= 0.3 is 0 Å². The van der Waals surface area contributed by atoms with Crippen molar-refractivity contribution in [3.8, 4) is 5.69 Å². The first-order chi connectivity index (χ1) is 10.2. The largest absolute Gasteiger partial charge is 0.283 e. The summed E-state index contributed by atoms with van der Waals surface area (Å²) in [6.45, 7) is 1.48. The van der Waals surface area contributed by atoms with Crippen LogP contribution >= 0.6 is 23.6 Å². The zero-order chi connectivity index (χ0) is 14.7. The van der Waals surface area contributed by atoms with Gasteiger partial charge in [-0.15, -0.1) is 0 Å². The van der Waals surface area contributed by atoms with Gasteiger partial charge in [-0.2, -0.15) is 16.0 Å². The molecular formula is C14H15N5S2. The van der Waals surface area contributed by atoms with Crippen LogP contribution in [0.5, 0.6) is 0 Å². The lowest BCUT2D eigenvalue weighted by Gasteiger charge is -2.14. The van der Waals surface area contributed by atoms with Crippen LogP contribution in [-0.2, 0) is 13.2 Å². The Morgan fingerprint density at radius 1 is 1.19 bits per heavy atom. The normalized spacial score (nSPS) is 11.1. The second-order valence-electron chi connectivity index (χ2n) is 4.80. The average molecular weight is 317 g/mol. The van der Waals surface area contributed by atoms with E-state index < -0.39 is 0 Å². The maximum atomic E-state index is 5.45. The molecule has 21 heavy (non-hydrogen) atoms. The van der Waals surface area contributed by atoms with Crippen LogP contribution in [0.15, 0.2) is 47.2 Å². The van der Waals surface area contributed by atoms with Crippen LogP contribution in [0.2, 0.25) is 0 Å². The van der Waals surface area contributed by atoms with E-state index in [-0.39, 0.29) is 0 Å². The number of thiophene rings is 1. The molecule has 0 amide bonds. The first-order valence-electron chi connectivity index (χ1n) is 6.52. The SMILES string of the molecule is CN(Cc1ccsc1)Cn1nnn(-c2ccccc2)c1=S. The molecule has 2 heterocycles. The van der Waals surface area contributed by atoms with Gasteiger partial charge in [-0.05, 0) is 64.2 Å². The van der Waals surface area contributed by atoms with Gasteiger partial charge in [0.2, 0.25) is 4.77 Å². The lowest BCUT2D eigenvalue weighted by Crippen LogP contribution is -2.22. The van der Waals surface area contributed by atoms with Gasteiger partial charge in [0.1, 0.15) is 0 Å². The Kier molecular flexibility index (Phi) is 4.23. The predicted octanol–water partition coefficient (Wildman–Crippen LogP) is 2.95. The Bertz CT molecular complexity index is 745. The highest BCUT2D eigenvalue weighted by molar-refractivity contribution is 7.71. The van der Waals surface area contributed by atoms with Crippen LogP contribution in [-0.4, -0.2) is 31.7 Å².